The summed E-state index contributed by atoms with van der Waals surface area (Å²) in [5.41, 5.74) is 0.771. The SMILES string of the molecule is COc1ccc(/C=C/C(=O)C2C(=O)COC2=O)cc1. The van der Waals surface area contributed by atoms with Gasteiger partial charge < -0.3 is 9.47 Å². The monoisotopic (exact) mass is 260 g/mol. The molecule has 0 N–H and O–H groups in total. The van der Waals surface area contributed by atoms with E-state index < -0.39 is 23.5 Å². The molecule has 0 spiro atoms. The number of esters is 1. The van der Waals surface area contributed by atoms with Crippen LogP contribution < -0.4 is 4.74 Å². The average molecular weight is 260 g/mol. The van der Waals surface area contributed by atoms with E-state index in [9.17, 15) is 14.4 Å². The molecule has 19 heavy (non-hydrogen) atoms. The predicted molar refractivity (Wildman–Crippen MR) is 66.5 cm³/mol. The normalized spacial score (nSPS) is 18.7. The van der Waals surface area contributed by atoms with Crippen LogP contribution in [-0.4, -0.2) is 31.3 Å². The van der Waals surface area contributed by atoms with E-state index in [1.165, 1.54) is 6.08 Å². The van der Waals surface area contributed by atoms with Gasteiger partial charge in [0, 0.05) is 0 Å². The molecular formula is C14H12O5. The quantitative estimate of drug-likeness (QED) is 0.459. The van der Waals surface area contributed by atoms with E-state index >= 15 is 0 Å². The van der Waals surface area contributed by atoms with Crippen molar-refractivity contribution in [2.75, 3.05) is 13.7 Å². The first-order valence-corrected chi connectivity index (χ1v) is 5.67. The van der Waals surface area contributed by atoms with E-state index in [2.05, 4.69) is 4.74 Å². The van der Waals surface area contributed by atoms with Crippen molar-refractivity contribution in [3.63, 3.8) is 0 Å². The zero-order chi connectivity index (χ0) is 13.8. The van der Waals surface area contributed by atoms with Gasteiger partial charge in [0.25, 0.3) is 0 Å². The lowest BCUT2D eigenvalue weighted by Gasteiger charge is -2.00. The Morgan fingerprint density at radius 3 is 2.53 bits per heavy atom. The molecule has 0 aromatic heterocycles. The predicted octanol–water partition coefficient (Wildman–Crippen LogP) is 1.02. The lowest BCUT2D eigenvalue weighted by atomic mass is 10.0. The molecule has 98 valence electrons. The molecule has 2 rings (SSSR count). The van der Waals surface area contributed by atoms with E-state index in [4.69, 9.17) is 4.74 Å². The fourth-order valence-electron chi connectivity index (χ4n) is 1.70. The maximum atomic E-state index is 11.7. The van der Waals surface area contributed by atoms with Crippen molar-refractivity contribution in [2.24, 2.45) is 5.92 Å². The Bertz CT molecular complexity index is 525. The van der Waals surface area contributed by atoms with Crippen molar-refractivity contribution < 1.29 is 23.9 Å². The van der Waals surface area contributed by atoms with Crippen LogP contribution in [0.1, 0.15) is 5.56 Å². The van der Waals surface area contributed by atoms with Crippen molar-refractivity contribution in [1.82, 2.24) is 0 Å². The molecule has 1 atom stereocenters. The first-order chi connectivity index (χ1) is 9.11. The largest absolute Gasteiger partial charge is 0.497 e. The van der Waals surface area contributed by atoms with Crippen LogP contribution in [0.5, 0.6) is 5.75 Å². The molecule has 1 aromatic rings. The molecule has 0 amide bonds. The lowest BCUT2D eigenvalue weighted by molar-refractivity contribution is -0.143. The molecule has 1 saturated heterocycles. The maximum absolute atomic E-state index is 11.7. The highest BCUT2D eigenvalue weighted by molar-refractivity contribution is 6.24. The Hall–Kier alpha value is -2.43. The highest BCUT2D eigenvalue weighted by atomic mass is 16.5. The van der Waals surface area contributed by atoms with Crippen LogP contribution in [0.25, 0.3) is 6.08 Å². The number of ketones is 2. The summed E-state index contributed by atoms with van der Waals surface area (Å²) in [4.78, 5) is 34.2. The van der Waals surface area contributed by atoms with Crippen LogP contribution in [0.2, 0.25) is 0 Å². The molecule has 5 heteroatoms. The fourth-order valence-corrected chi connectivity index (χ4v) is 1.70. The first-order valence-electron chi connectivity index (χ1n) is 5.67. The summed E-state index contributed by atoms with van der Waals surface area (Å²) in [6.45, 7) is -0.314. The highest BCUT2D eigenvalue weighted by Crippen LogP contribution is 2.15. The van der Waals surface area contributed by atoms with Crippen LogP contribution >= 0.6 is 0 Å². The second-order valence-electron chi connectivity index (χ2n) is 4.02. The first kappa shape index (κ1) is 13.0. The second-order valence-corrected chi connectivity index (χ2v) is 4.02. The van der Waals surface area contributed by atoms with Crippen LogP contribution in [0.4, 0.5) is 0 Å². The Balaban J connectivity index is 2.07. The summed E-state index contributed by atoms with van der Waals surface area (Å²) in [6, 6.07) is 7.02. The van der Waals surface area contributed by atoms with E-state index in [1.807, 2.05) is 0 Å². The van der Waals surface area contributed by atoms with Gasteiger partial charge in [0.15, 0.2) is 24.1 Å². The average Bonchev–Trinajstić information content (AvgIpc) is 2.76. The Kier molecular flexibility index (Phi) is 3.75. The molecule has 1 aliphatic heterocycles. The maximum Gasteiger partial charge on any atom is 0.325 e. The van der Waals surface area contributed by atoms with Gasteiger partial charge in [-0.15, -0.1) is 0 Å². The number of hydrogen-bond acceptors (Lipinski definition) is 5. The molecule has 1 aromatic carbocycles. The third-order valence-corrected chi connectivity index (χ3v) is 2.75. The highest BCUT2D eigenvalue weighted by Gasteiger charge is 2.39. The van der Waals surface area contributed by atoms with Crippen molar-refractivity contribution in [3.05, 3.63) is 35.9 Å². The van der Waals surface area contributed by atoms with Crippen molar-refractivity contribution in [3.8, 4) is 5.75 Å². The van der Waals surface area contributed by atoms with E-state index in [0.717, 1.165) is 5.56 Å². The van der Waals surface area contributed by atoms with Gasteiger partial charge >= 0.3 is 5.97 Å². The number of methoxy groups -OCH3 is 1. The topological polar surface area (TPSA) is 69.7 Å². The van der Waals surface area contributed by atoms with Crippen LogP contribution in [0.15, 0.2) is 30.3 Å². The number of Topliss-reactive ketones (excluding diaryl/α,β-unsaturated/α-hetero) is 1. The minimum Gasteiger partial charge on any atom is -0.497 e. The summed E-state index contributed by atoms with van der Waals surface area (Å²) in [6.07, 6.45) is 2.76. The third kappa shape index (κ3) is 2.88. The van der Waals surface area contributed by atoms with Crippen molar-refractivity contribution in [2.45, 2.75) is 0 Å². The summed E-state index contributed by atoms with van der Waals surface area (Å²) in [5.74, 6) is -2.40. The van der Waals surface area contributed by atoms with Crippen LogP contribution in [-0.2, 0) is 19.1 Å². The zero-order valence-corrected chi connectivity index (χ0v) is 10.3. The zero-order valence-electron chi connectivity index (χ0n) is 10.3. The van der Waals surface area contributed by atoms with Gasteiger partial charge in [-0.2, -0.15) is 0 Å². The Morgan fingerprint density at radius 1 is 1.32 bits per heavy atom. The van der Waals surface area contributed by atoms with Gasteiger partial charge in [-0.05, 0) is 23.8 Å². The molecule has 0 bridgehead atoms. The number of rotatable bonds is 4. The summed E-state index contributed by atoms with van der Waals surface area (Å²) in [5, 5.41) is 0. The number of carbonyl (C=O) groups excluding carboxylic acids is 3. The van der Waals surface area contributed by atoms with E-state index in [1.54, 1.807) is 37.5 Å². The molecule has 0 radical (unpaired) electrons. The molecule has 1 fully saturated rings. The number of carbonyl (C=O) groups is 3. The van der Waals surface area contributed by atoms with Crippen LogP contribution in [0, 0.1) is 5.92 Å². The van der Waals surface area contributed by atoms with Gasteiger partial charge in [0.1, 0.15) is 5.75 Å². The fraction of sp³-hybridized carbons (Fsp3) is 0.214. The number of benzene rings is 1. The minimum absolute atomic E-state index is 0.314. The second kappa shape index (κ2) is 5.48. The minimum atomic E-state index is -1.30. The molecule has 0 aliphatic carbocycles. The van der Waals surface area contributed by atoms with Gasteiger partial charge in [0.05, 0.1) is 7.11 Å². The number of ether oxygens (including phenoxy) is 2. The Labute approximate surface area is 109 Å². The molecule has 1 aliphatic rings. The van der Waals surface area contributed by atoms with E-state index in [0.29, 0.717) is 5.75 Å². The summed E-state index contributed by atoms with van der Waals surface area (Å²) >= 11 is 0. The standard InChI is InChI=1S/C14H12O5/c1-18-10-5-2-9(3-6-10)4-7-11(15)13-12(16)8-19-14(13)17/h2-7,13H,8H2,1H3/b7-4+. The summed E-state index contributed by atoms with van der Waals surface area (Å²) < 4.78 is 9.53. The van der Waals surface area contributed by atoms with Gasteiger partial charge in [-0.25, -0.2) is 0 Å². The molecule has 0 saturated carbocycles. The van der Waals surface area contributed by atoms with Crippen molar-refractivity contribution >= 4 is 23.6 Å². The third-order valence-electron chi connectivity index (χ3n) is 2.75. The van der Waals surface area contributed by atoms with Gasteiger partial charge in [-0.3, -0.25) is 14.4 Å². The molecular weight excluding hydrogens is 248 g/mol. The molecule has 5 nitrogen and oxygen atoms in total. The van der Waals surface area contributed by atoms with Crippen molar-refractivity contribution in [1.29, 1.82) is 0 Å². The number of cyclic esters (lactones) is 1. The molecule has 1 heterocycles. The number of allylic oxidation sites excluding steroid dienone is 1. The summed E-state index contributed by atoms with van der Waals surface area (Å²) in [7, 11) is 1.56. The van der Waals surface area contributed by atoms with E-state index in [-0.39, 0.29) is 6.61 Å². The smallest absolute Gasteiger partial charge is 0.325 e. The Morgan fingerprint density at radius 2 is 2.00 bits per heavy atom. The van der Waals surface area contributed by atoms with Crippen LogP contribution in [0.3, 0.4) is 0 Å². The van der Waals surface area contributed by atoms with Gasteiger partial charge in [0.2, 0.25) is 0 Å². The molecule has 1 unspecified atom stereocenters. The number of hydrogen-bond donors (Lipinski definition) is 0. The lowest BCUT2D eigenvalue weighted by Crippen LogP contribution is -2.23. The van der Waals surface area contributed by atoms with Gasteiger partial charge in [-0.1, -0.05) is 18.2 Å².